The van der Waals surface area contributed by atoms with Crippen LogP contribution in [0.3, 0.4) is 0 Å². The Bertz CT molecular complexity index is 780. The van der Waals surface area contributed by atoms with Gasteiger partial charge in [0.2, 0.25) is 5.82 Å². The van der Waals surface area contributed by atoms with Crippen LogP contribution in [0.15, 0.2) is 12.3 Å². The second-order valence-corrected chi connectivity index (χ2v) is 6.51. The minimum absolute atomic E-state index is 0.225. The first-order chi connectivity index (χ1) is 10.4. The number of imidazole rings is 1. The Kier molecular flexibility index (Phi) is 3.36. The molecule has 1 aliphatic rings. The maximum Gasteiger partial charge on any atom is 0.289 e. The topological polar surface area (TPSA) is 83.1 Å². The molecular weight excluding hydrogens is 278 g/mol. The van der Waals surface area contributed by atoms with Gasteiger partial charge in [-0.05, 0) is 51.2 Å². The lowest BCUT2D eigenvalue weighted by atomic mass is 9.72. The Labute approximate surface area is 129 Å². The molecule has 0 saturated heterocycles. The number of fused-ring (bicyclic) bond motifs is 1. The van der Waals surface area contributed by atoms with Crippen molar-refractivity contribution in [2.45, 2.75) is 45.6 Å². The standard InChI is InChI=1S/C16H19N5O/c1-10-7-12(8-17)20-21-13(10)9-18-14(21)15(22)19-16(2,3)11-5-4-6-11/h7,9,11H,4-6H2,1-3H3,(H,19,22). The summed E-state index contributed by atoms with van der Waals surface area (Å²) in [5.41, 5.74) is 1.63. The second kappa shape index (κ2) is 5.09. The first-order valence-corrected chi connectivity index (χ1v) is 7.50. The van der Waals surface area contributed by atoms with Crippen molar-refractivity contribution in [3.8, 4) is 6.07 Å². The molecule has 2 aromatic heterocycles. The van der Waals surface area contributed by atoms with Gasteiger partial charge in [-0.25, -0.2) is 9.50 Å². The fourth-order valence-electron chi connectivity index (χ4n) is 2.92. The van der Waals surface area contributed by atoms with Gasteiger partial charge in [-0.3, -0.25) is 4.79 Å². The number of amides is 1. The molecule has 1 saturated carbocycles. The maximum atomic E-state index is 12.6. The Morgan fingerprint density at radius 1 is 1.50 bits per heavy atom. The smallest absolute Gasteiger partial charge is 0.289 e. The Morgan fingerprint density at radius 2 is 2.23 bits per heavy atom. The van der Waals surface area contributed by atoms with Crippen LogP contribution in [-0.4, -0.2) is 26.0 Å². The van der Waals surface area contributed by atoms with Crippen LogP contribution >= 0.6 is 0 Å². The van der Waals surface area contributed by atoms with Crippen molar-refractivity contribution in [2.75, 3.05) is 0 Å². The summed E-state index contributed by atoms with van der Waals surface area (Å²) in [4.78, 5) is 16.8. The molecule has 6 nitrogen and oxygen atoms in total. The van der Waals surface area contributed by atoms with Gasteiger partial charge in [0.05, 0.1) is 11.7 Å². The quantitative estimate of drug-likeness (QED) is 0.941. The number of aryl methyl sites for hydroxylation is 1. The zero-order valence-corrected chi connectivity index (χ0v) is 13.1. The number of aromatic nitrogens is 3. The molecule has 0 bridgehead atoms. The van der Waals surface area contributed by atoms with E-state index >= 15 is 0 Å². The van der Waals surface area contributed by atoms with Gasteiger partial charge in [-0.1, -0.05) is 6.42 Å². The van der Waals surface area contributed by atoms with E-state index in [4.69, 9.17) is 5.26 Å². The van der Waals surface area contributed by atoms with Crippen LogP contribution in [0.2, 0.25) is 0 Å². The number of carbonyl (C=O) groups is 1. The summed E-state index contributed by atoms with van der Waals surface area (Å²) in [6, 6.07) is 3.70. The number of nitriles is 1. The Balaban J connectivity index is 1.94. The first-order valence-electron chi connectivity index (χ1n) is 7.50. The molecule has 2 heterocycles. The third-order valence-corrected chi connectivity index (χ3v) is 4.58. The van der Waals surface area contributed by atoms with Gasteiger partial charge in [0, 0.05) is 5.54 Å². The predicted octanol–water partition coefficient (Wildman–Crippen LogP) is 2.22. The van der Waals surface area contributed by atoms with Crippen LogP contribution in [0.1, 0.15) is 55.0 Å². The minimum Gasteiger partial charge on any atom is -0.344 e. The lowest BCUT2D eigenvalue weighted by Gasteiger charge is -2.40. The van der Waals surface area contributed by atoms with Crippen molar-refractivity contribution in [1.29, 1.82) is 5.26 Å². The molecule has 1 aliphatic carbocycles. The normalized spacial score (nSPS) is 15.4. The largest absolute Gasteiger partial charge is 0.344 e. The molecule has 0 unspecified atom stereocenters. The molecule has 114 valence electrons. The van der Waals surface area contributed by atoms with Crippen molar-refractivity contribution in [3.63, 3.8) is 0 Å². The van der Waals surface area contributed by atoms with Crippen molar-refractivity contribution in [3.05, 3.63) is 29.3 Å². The number of nitrogens with one attached hydrogen (secondary N) is 1. The highest BCUT2D eigenvalue weighted by atomic mass is 16.2. The molecular formula is C16H19N5O. The third-order valence-electron chi connectivity index (χ3n) is 4.58. The molecule has 3 rings (SSSR count). The zero-order chi connectivity index (χ0) is 15.9. The van der Waals surface area contributed by atoms with E-state index in [1.807, 2.05) is 26.8 Å². The molecule has 0 radical (unpaired) electrons. The summed E-state index contributed by atoms with van der Waals surface area (Å²) in [6.45, 7) is 5.97. The number of hydrogen-bond acceptors (Lipinski definition) is 4. The maximum absolute atomic E-state index is 12.6. The van der Waals surface area contributed by atoms with E-state index in [9.17, 15) is 4.79 Å². The molecule has 2 aromatic rings. The number of rotatable bonds is 3. The van der Waals surface area contributed by atoms with Gasteiger partial charge in [0.25, 0.3) is 5.91 Å². The van der Waals surface area contributed by atoms with E-state index in [1.165, 1.54) is 10.9 Å². The lowest BCUT2D eigenvalue weighted by Crippen LogP contribution is -2.51. The molecule has 1 fully saturated rings. The molecule has 1 amide bonds. The van der Waals surface area contributed by atoms with Gasteiger partial charge in [0.1, 0.15) is 6.07 Å². The highest BCUT2D eigenvalue weighted by molar-refractivity contribution is 5.92. The van der Waals surface area contributed by atoms with Gasteiger partial charge < -0.3 is 5.32 Å². The van der Waals surface area contributed by atoms with E-state index < -0.39 is 0 Å². The van der Waals surface area contributed by atoms with Crippen molar-refractivity contribution in [2.24, 2.45) is 5.92 Å². The highest BCUT2D eigenvalue weighted by Crippen LogP contribution is 2.35. The minimum atomic E-state index is -0.261. The molecule has 0 aliphatic heterocycles. The number of carbonyl (C=O) groups excluding carboxylic acids is 1. The SMILES string of the molecule is Cc1cc(C#N)nn2c(C(=O)NC(C)(C)C3CCC3)ncc12. The van der Waals surface area contributed by atoms with Gasteiger partial charge in [0.15, 0.2) is 5.69 Å². The van der Waals surface area contributed by atoms with Crippen LogP contribution in [0.5, 0.6) is 0 Å². The van der Waals surface area contributed by atoms with Gasteiger partial charge >= 0.3 is 0 Å². The van der Waals surface area contributed by atoms with Crippen molar-refractivity contribution < 1.29 is 4.79 Å². The summed E-state index contributed by atoms with van der Waals surface area (Å²) >= 11 is 0. The summed E-state index contributed by atoms with van der Waals surface area (Å²) in [6.07, 6.45) is 5.13. The summed E-state index contributed by atoms with van der Waals surface area (Å²) in [5.74, 6) is 0.480. The number of nitrogens with zero attached hydrogens (tertiary/aromatic N) is 4. The van der Waals surface area contributed by atoms with E-state index in [1.54, 1.807) is 12.3 Å². The van der Waals surface area contributed by atoms with Crippen molar-refractivity contribution in [1.82, 2.24) is 19.9 Å². The number of hydrogen-bond donors (Lipinski definition) is 1. The molecule has 1 N–H and O–H groups in total. The van der Waals surface area contributed by atoms with E-state index in [0.717, 1.165) is 23.9 Å². The molecule has 22 heavy (non-hydrogen) atoms. The van der Waals surface area contributed by atoms with Gasteiger partial charge in [-0.15, -0.1) is 0 Å². The molecule has 6 heteroatoms. The zero-order valence-electron chi connectivity index (χ0n) is 13.1. The van der Waals surface area contributed by atoms with E-state index in [-0.39, 0.29) is 23.0 Å². The van der Waals surface area contributed by atoms with Crippen LogP contribution in [-0.2, 0) is 0 Å². The summed E-state index contributed by atoms with van der Waals surface area (Å²) in [7, 11) is 0. The van der Waals surface area contributed by atoms with Crippen molar-refractivity contribution >= 4 is 11.4 Å². The first kappa shape index (κ1) is 14.5. The predicted molar refractivity (Wildman–Crippen MR) is 81.3 cm³/mol. The van der Waals surface area contributed by atoms with Crippen LogP contribution in [0.25, 0.3) is 5.52 Å². The molecule has 0 spiro atoms. The fraction of sp³-hybridized carbons (Fsp3) is 0.500. The summed E-state index contributed by atoms with van der Waals surface area (Å²) in [5, 5.41) is 16.3. The molecule has 0 aromatic carbocycles. The van der Waals surface area contributed by atoms with Crippen LogP contribution < -0.4 is 5.32 Å². The Hall–Kier alpha value is -2.42. The lowest BCUT2D eigenvalue weighted by molar-refractivity contribution is 0.0814. The summed E-state index contributed by atoms with van der Waals surface area (Å²) < 4.78 is 1.46. The van der Waals surface area contributed by atoms with Crippen LogP contribution in [0, 0.1) is 24.2 Å². The van der Waals surface area contributed by atoms with Crippen LogP contribution in [0.4, 0.5) is 0 Å². The Morgan fingerprint density at radius 3 is 2.82 bits per heavy atom. The monoisotopic (exact) mass is 297 g/mol. The van der Waals surface area contributed by atoms with Gasteiger partial charge in [-0.2, -0.15) is 10.4 Å². The second-order valence-electron chi connectivity index (χ2n) is 6.51. The highest BCUT2D eigenvalue weighted by Gasteiger charge is 2.36. The molecule has 0 atom stereocenters. The third kappa shape index (κ3) is 2.33. The average molecular weight is 297 g/mol. The average Bonchev–Trinajstić information content (AvgIpc) is 2.79. The van der Waals surface area contributed by atoms with E-state index in [0.29, 0.717) is 5.92 Å². The van der Waals surface area contributed by atoms with E-state index in [2.05, 4.69) is 15.4 Å². The fourth-order valence-corrected chi connectivity index (χ4v) is 2.92.